The Labute approximate surface area is 185 Å². The lowest BCUT2D eigenvalue weighted by molar-refractivity contribution is -0.141. The van der Waals surface area contributed by atoms with Gasteiger partial charge < -0.3 is 5.32 Å². The Morgan fingerprint density at radius 3 is 2.55 bits per heavy atom. The third-order valence-corrected chi connectivity index (χ3v) is 7.20. The average Bonchev–Trinajstić information content (AvgIpc) is 3.63. The number of benzene rings is 1. The second kappa shape index (κ2) is 8.50. The van der Waals surface area contributed by atoms with Gasteiger partial charge in [0.2, 0.25) is 0 Å². The summed E-state index contributed by atoms with van der Waals surface area (Å²) < 4.78 is 77.7. The van der Waals surface area contributed by atoms with Crippen LogP contribution in [0.5, 0.6) is 0 Å². The Morgan fingerprint density at radius 2 is 1.88 bits per heavy atom. The number of nitrogens with zero attached hydrogens (tertiary/aromatic N) is 3. The molecular weight excluding hydrogens is 464 g/mol. The van der Waals surface area contributed by atoms with Gasteiger partial charge in [0.05, 0.1) is 46.0 Å². The second-order valence-electron chi connectivity index (χ2n) is 7.39. The van der Waals surface area contributed by atoms with Crippen LogP contribution in [0.25, 0.3) is 11.3 Å². The highest BCUT2D eigenvalue weighted by atomic mass is 32.2. The number of halogens is 4. The molecule has 2 aromatic heterocycles. The van der Waals surface area contributed by atoms with E-state index in [9.17, 15) is 30.8 Å². The highest BCUT2D eigenvalue weighted by Gasteiger charge is 2.37. The molecule has 33 heavy (non-hydrogen) atoms. The van der Waals surface area contributed by atoms with Crippen LogP contribution >= 0.6 is 0 Å². The first-order chi connectivity index (χ1) is 15.6. The zero-order chi connectivity index (χ0) is 23.8. The maximum atomic E-state index is 14.5. The van der Waals surface area contributed by atoms with Crippen molar-refractivity contribution in [2.45, 2.75) is 35.7 Å². The number of alkyl halides is 3. The molecule has 0 bridgehead atoms. The number of nitrogens with one attached hydrogen (secondary N) is 1. The first kappa shape index (κ1) is 22.8. The predicted molar refractivity (Wildman–Crippen MR) is 108 cm³/mol. The zero-order valence-electron chi connectivity index (χ0n) is 16.8. The summed E-state index contributed by atoms with van der Waals surface area (Å²) in [6.45, 7) is -0.146. The Bertz CT molecular complexity index is 1330. The van der Waals surface area contributed by atoms with Crippen LogP contribution in [-0.4, -0.2) is 34.5 Å². The summed E-state index contributed by atoms with van der Waals surface area (Å²) in [7, 11) is -3.42. The van der Waals surface area contributed by atoms with Crippen molar-refractivity contribution in [2.75, 3.05) is 0 Å². The number of amides is 1. The third kappa shape index (κ3) is 5.00. The molecular formula is C21H16F4N4O3S. The minimum Gasteiger partial charge on any atom is -0.346 e. The lowest BCUT2D eigenvalue weighted by Crippen LogP contribution is -2.24. The molecule has 1 fully saturated rings. The molecule has 3 aromatic rings. The van der Waals surface area contributed by atoms with Gasteiger partial charge in [0, 0.05) is 11.8 Å². The van der Waals surface area contributed by atoms with Gasteiger partial charge in [0.25, 0.3) is 5.91 Å². The molecule has 0 unspecified atom stereocenters. The van der Waals surface area contributed by atoms with E-state index in [0.29, 0.717) is 19.0 Å². The molecule has 2 heterocycles. The van der Waals surface area contributed by atoms with Crippen LogP contribution in [0.3, 0.4) is 0 Å². The number of hydrogen-bond acceptors (Lipinski definition) is 6. The zero-order valence-corrected chi connectivity index (χ0v) is 17.6. The van der Waals surface area contributed by atoms with E-state index < -0.39 is 38.7 Å². The molecule has 0 aliphatic heterocycles. The number of pyridine rings is 1. The smallest absolute Gasteiger partial charge is 0.346 e. The number of aromatic nitrogens is 3. The molecule has 0 saturated heterocycles. The number of sulfone groups is 1. The summed E-state index contributed by atoms with van der Waals surface area (Å²) in [5.41, 5.74) is -1.47. The summed E-state index contributed by atoms with van der Waals surface area (Å²) in [5.74, 6) is -1.77. The summed E-state index contributed by atoms with van der Waals surface area (Å²) in [6.07, 6.45) is -0.554. The van der Waals surface area contributed by atoms with E-state index in [0.717, 1.165) is 18.3 Å². The van der Waals surface area contributed by atoms with Crippen molar-refractivity contribution in [3.63, 3.8) is 0 Å². The van der Waals surface area contributed by atoms with Crippen molar-refractivity contribution < 1.29 is 30.8 Å². The van der Waals surface area contributed by atoms with Crippen molar-refractivity contribution in [1.82, 2.24) is 20.3 Å². The quantitative estimate of drug-likeness (QED) is 0.542. The van der Waals surface area contributed by atoms with Gasteiger partial charge in [-0.25, -0.2) is 17.8 Å². The first-order valence-corrected chi connectivity index (χ1v) is 11.3. The van der Waals surface area contributed by atoms with Gasteiger partial charge in [-0.05, 0) is 37.1 Å². The highest BCUT2D eigenvalue weighted by Crippen LogP contribution is 2.33. The Morgan fingerprint density at radius 1 is 1.12 bits per heavy atom. The monoisotopic (exact) mass is 480 g/mol. The van der Waals surface area contributed by atoms with Crippen molar-refractivity contribution >= 4 is 15.7 Å². The van der Waals surface area contributed by atoms with Gasteiger partial charge in [0.1, 0.15) is 5.82 Å². The van der Waals surface area contributed by atoms with Crippen LogP contribution in [0.1, 0.15) is 34.6 Å². The Hall–Kier alpha value is -3.41. The normalized spacial score (nSPS) is 14.2. The van der Waals surface area contributed by atoms with E-state index in [1.54, 1.807) is 0 Å². The molecule has 1 amide bonds. The van der Waals surface area contributed by atoms with Crippen LogP contribution in [0.15, 0.2) is 53.8 Å². The SMILES string of the molecule is O=C(NCc1cc(S(=O)(=O)C2CC2)ccn1)c1ccc(-c2cncc(C(F)(F)F)n2)cc1F. The van der Waals surface area contributed by atoms with Crippen LogP contribution in [-0.2, 0) is 22.6 Å². The van der Waals surface area contributed by atoms with Gasteiger partial charge >= 0.3 is 6.18 Å². The first-order valence-electron chi connectivity index (χ1n) is 9.72. The topological polar surface area (TPSA) is 102 Å². The van der Waals surface area contributed by atoms with E-state index in [1.165, 1.54) is 24.4 Å². The van der Waals surface area contributed by atoms with E-state index in [4.69, 9.17) is 0 Å². The summed E-state index contributed by atoms with van der Waals surface area (Å²) in [6, 6.07) is 6.00. The molecule has 12 heteroatoms. The van der Waals surface area contributed by atoms with Crippen molar-refractivity contribution in [3.8, 4) is 11.3 Å². The van der Waals surface area contributed by atoms with Crippen LogP contribution in [0.2, 0.25) is 0 Å². The number of hydrogen-bond donors (Lipinski definition) is 1. The summed E-state index contributed by atoms with van der Waals surface area (Å²) in [5, 5.41) is 2.06. The van der Waals surface area contributed by atoms with Crippen molar-refractivity contribution in [3.05, 3.63) is 71.7 Å². The molecule has 4 rings (SSSR count). The summed E-state index contributed by atoms with van der Waals surface area (Å²) >= 11 is 0. The molecule has 0 radical (unpaired) electrons. The molecule has 1 aliphatic rings. The minimum atomic E-state index is -4.70. The Kier molecular flexibility index (Phi) is 5.87. The van der Waals surface area contributed by atoms with Gasteiger partial charge in [-0.3, -0.25) is 14.8 Å². The van der Waals surface area contributed by atoms with Crippen molar-refractivity contribution in [2.24, 2.45) is 0 Å². The number of rotatable bonds is 6. The maximum Gasteiger partial charge on any atom is 0.434 e. The molecule has 1 N–H and O–H groups in total. The number of carbonyl (C=O) groups is 1. The van der Waals surface area contributed by atoms with Gasteiger partial charge in [-0.1, -0.05) is 6.07 Å². The van der Waals surface area contributed by atoms with Crippen LogP contribution < -0.4 is 5.32 Å². The molecule has 1 saturated carbocycles. The average molecular weight is 480 g/mol. The fourth-order valence-electron chi connectivity index (χ4n) is 3.07. The van der Waals surface area contributed by atoms with Crippen LogP contribution in [0.4, 0.5) is 17.6 Å². The standard InChI is InChI=1S/C21H16F4N4O3S/c22-17-7-12(18-10-26-11-19(29-18)21(23,24)25)1-4-16(17)20(30)28-9-13-8-15(5-6-27-13)33(31,32)14-2-3-14/h1,4-8,10-11,14H,2-3,9H2,(H,28,30). The fraction of sp³-hybridized carbons (Fsp3) is 0.238. The molecule has 7 nitrogen and oxygen atoms in total. The lowest BCUT2D eigenvalue weighted by Gasteiger charge is -2.10. The minimum absolute atomic E-state index is 0.0160. The second-order valence-corrected chi connectivity index (χ2v) is 9.62. The van der Waals surface area contributed by atoms with Crippen molar-refractivity contribution in [1.29, 1.82) is 0 Å². The molecule has 0 atom stereocenters. The van der Waals surface area contributed by atoms with Gasteiger partial charge in [0.15, 0.2) is 15.5 Å². The Balaban J connectivity index is 1.48. The molecule has 0 spiro atoms. The lowest BCUT2D eigenvalue weighted by atomic mass is 10.1. The largest absolute Gasteiger partial charge is 0.434 e. The predicted octanol–water partition coefficient (Wildman–Crippen LogP) is 3.56. The van der Waals surface area contributed by atoms with Gasteiger partial charge in [-0.15, -0.1) is 0 Å². The maximum absolute atomic E-state index is 14.5. The van der Waals surface area contributed by atoms with Crippen LogP contribution in [0, 0.1) is 5.82 Å². The molecule has 1 aromatic carbocycles. The van der Waals surface area contributed by atoms with E-state index in [-0.39, 0.29) is 34.0 Å². The molecule has 172 valence electrons. The van der Waals surface area contributed by atoms with E-state index >= 15 is 0 Å². The third-order valence-electron chi connectivity index (χ3n) is 4.94. The number of carbonyl (C=O) groups excluding carboxylic acids is 1. The van der Waals surface area contributed by atoms with E-state index in [2.05, 4.69) is 20.3 Å². The highest BCUT2D eigenvalue weighted by molar-refractivity contribution is 7.92. The fourth-order valence-corrected chi connectivity index (χ4v) is 4.76. The molecule has 1 aliphatic carbocycles. The summed E-state index contributed by atoms with van der Waals surface area (Å²) in [4.78, 5) is 23.5. The van der Waals surface area contributed by atoms with Gasteiger partial charge in [-0.2, -0.15) is 13.2 Å². The van der Waals surface area contributed by atoms with E-state index in [1.807, 2.05) is 0 Å².